The van der Waals surface area contributed by atoms with Gasteiger partial charge in [-0.05, 0) is 36.5 Å². The van der Waals surface area contributed by atoms with Crippen LogP contribution in [0, 0.1) is 22.7 Å². The van der Waals surface area contributed by atoms with Crippen molar-refractivity contribution in [3.63, 3.8) is 0 Å². The molecule has 3 unspecified atom stereocenters. The highest BCUT2D eigenvalue weighted by atomic mass is 35.5. The van der Waals surface area contributed by atoms with Crippen molar-refractivity contribution >= 4 is 23.2 Å². The second kappa shape index (κ2) is 5.71. The summed E-state index contributed by atoms with van der Waals surface area (Å²) in [4.78, 5) is 0. The molecule has 3 atom stereocenters. The molecule has 1 aromatic rings. The van der Waals surface area contributed by atoms with Gasteiger partial charge in [0, 0.05) is 0 Å². The summed E-state index contributed by atoms with van der Waals surface area (Å²) in [6, 6.07) is 7.43. The van der Waals surface area contributed by atoms with Gasteiger partial charge in [0.05, 0.1) is 27.6 Å². The Hall–Kier alpha value is -0.750. The molecular formula is C15H17Cl2NO. The Balaban J connectivity index is 2.32. The third kappa shape index (κ3) is 2.89. The highest BCUT2D eigenvalue weighted by Gasteiger charge is 2.42. The standard InChI is InChI=1S/C15H17Cl2NO/c1-10-3-2-6-15(8-10,9-18)14(19)11-4-5-12(16)13(17)7-11/h4-5,7,10,14,19H,2-3,6,8H2,1H3. The number of hydrogen-bond donors (Lipinski definition) is 1. The van der Waals surface area contributed by atoms with E-state index in [1.54, 1.807) is 18.2 Å². The molecule has 0 heterocycles. The van der Waals surface area contributed by atoms with Crippen molar-refractivity contribution in [2.45, 2.75) is 38.7 Å². The van der Waals surface area contributed by atoms with E-state index in [0.29, 0.717) is 21.5 Å². The Bertz CT molecular complexity index is 511. The van der Waals surface area contributed by atoms with Gasteiger partial charge in [-0.25, -0.2) is 0 Å². The van der Waals surface area contributed by atoms with Crippen molar-refractivity contribution in [3.8, 4) is 6.07 Å². The number of benzene rings is 1. The van der Waals surface area contributed by atoms with Gasteiger partial charge in [0.25, 0.3) is 0 Å². The topological polar surface area (TPSA) is 44.0 Å². The average Bonchev–Trinajstić information content (AvgIpc) is 2.41. The number of aliphatic hydroxyl groups excluding tert-OH is 1. The Morgan fingerprint density at radius 2 is 2.16 bits per heavy atom. The van der Waals surface area contributed by atoms with Gasteiger partial charge < -0.3 is 5.11 Å². The lowest BCUT2D eigenvalue weighted by Crippen LogP contribution is -2.32. The summed E-state index contributed by atoms with van der Waals surface area (Å²) in [6.07, 6.45) is 2.75. The van der Waals surface area contributed by atoms with E-state index >= 15 is 0 Å². The van der Waals surface area contributed by atoms with Gasteiger partial charge in [0.2, 0.25) is 0 Å². The van der Waals surface area contributed by atoms with Crippen LogP contribution in [0.15, 0.2) is 18.2 Å². The zero-order valence-electron chi connectivity index (χ0n) is 10.9. The fraction of sp³-hybridized carbons (Fsp3) is 0.533. The summed E-state index contributed by atoms with van der Waals surface area (Å²) >= 11 is 11.9. The van der Waals surface area contributed by atoms with Crippen LogP contribution in [-0.4, -0.2) is 5.11 Å². The molecule has 4 heteroatoms. The van der Waals surface area contributed by atoms with Gasteiger partial charge in [-0.3, -0.25) is 0 Å². The molecule has 0 aromatic heterocycles. The van der Waals surface area contributed by atoms with Gasteiger partial charge >= 0.3 is 0 Å². The molecular weight excluding hydrogens is 281 g/mol. The second-order valence-corrected chi connectivity index (χ2v) is 6.36. The molecule has 0 spiro atoms. The number of rotatable bonds is 2. The SMILES string of the molecule is CC1CCCC(C#N)(C(O)c2ccc(Cl)c(Cl)c2)C1. The van der Waals surface area contributed by atoms with Gasteiger partial charge in [-0.15, -0.1) is 0 Å². The number of hydrogen-bond acceptors (Lipinski definition) is 2. The molecule has 1 fully saturated rings. The maximum absolute atomic E-state index is 10.6. The second-order valence-electron chi connectivity index (χ2n) is 5.55. The van der Waals surface area contributed by atoms with Crippen LogP contribution < -0.4 is 0 Å². The monoisotopic (exact) mass is 297 g/mol. The van der Waals surface area contributed by atoms with Crippen LogP contribution in [0.1, 0.15) is 44.3 Å². The third-order valence-electron chi connectivity index (χ3n) is 4.04. The number of halogens is 2. The summed E-state index contributed by atoms with van der Waals surface area (Å²) in [5, 5.41) is 21.0. The molecule has 1 aliphatic rings. The number of nitrogens with zero attached hydrogens (tertiary/aromatic N) is 1. The Morgan fingerprint density at radius 1 is 1.42 bits per heavy atom. The lowest BCUT2D eigenvalue weighted by Gasteiger charge is -2.38. The van der Waals surface area contributed by atoms with Crippen molar-refractivity contribution in [1.82, 2.24) is 0 Å². The van der Waals surface area contributed by atoms with Crippen molar-refractivity contribution in [2.75, 3.05) is 0 Å². The van der Waals surface area contributed by atoms with E-state index in [1.807, 2.05) is 0 Å². The molecule has 0 saturated heterocycles. The van der Waals surface area contributed by atoms with Crippen LogP contribution in [0.5, 0.6) is 0 Å². The van der Waals surface area contributed by atoms with E-state index in [-0.39, 0.29) is 0 Å². The average molecular weight is 298 g/mol. The molecule has 102 valence electrons. The Kier molecular flexibility index (Phi) is 4.40. The third-order valence-corrected chi connectivity index (χ3v) is 4.78. The summed E-state index contributed by atoms with van der Waals surface area (Å²) in [5.41, 5.74) is -0.0282. The molecule has 2 nitrogen and oxygen atoms in total. The highest BCUT2D eigenvalue weighted by Crippen LogP contribution is 2.47. The van der Waals surface area contributed by atoms with E-state index in [2.05, 4.69) is 13.0 Å². The van der Waals surface area contributed by atoms with E-state index in [9.17, 15) is 10.4 Å². The summed E-state index contributed by atoms with van der Waals surface area (Å²) in [5.74, 6) is 0.464. The number of aliphatic hydroxyl groups is 1. The largest absolute Gasteiger partial charge is 0.387 e. The highest BCUT2D eigenvalue weighted by molar-refractivity contribution is 6.42. The fourth-order valence-electron chi connectivity index (χ4n) is 3.00. The van der Waals surface area contributed by atoms with Crippen LogP contribution in [0.2, 0.25) is 10.0 Å². The Morgan fingerprint density at radius 3 is 2.74 bits per heavy atom. The first kappa shape index (κ1) is 14.7. The van der Waals surface area contributed by atoms with Crippen LogP contribution in [0.4, 0.5) is 0 Å². The van der Waals surface area contributed by atoms with Crippen LogP contribution >= 0.6 is 23.2 Å². The van der Waals surface area contributed by atoms with E-state index in [4.69, 9.17) is 23.2 Å². The maximum atomic E-state index is 10.6. The van der Waals surface area contributed by atoms with E-state index in [0.717, 1.165) is 25.7 Å². The van der Waals surface area contributed by atoms with Crippen molar-refractivity contribution in [3.05, 3.63) is 33.8 Å². The molecule has 0 radical (unpaired) electrons. The number of nitriles is 1. The van der Waals surface area contributed by atoms with Gasteiger partial charge in [0.15, 0.2) is 0 Å². The first-order valence-electron chi connectivity index (χ1n) is 6.53. The molecule has 0 aliphatic heterocycles. The molecule has 0 bridgehead atoms. The van der Waals surface area contributed by atoms with Crippen molar-refractivity contribution in [2.24, 2.45) is 11.3 Å². The van der Waals surface area contributed by atoms with Gasteiger partial charge in [0.1, 0.15) is 0 Å². The lowest BCUT2D eigenvalue weighted by atomic mass is 9.66. The van der Waals surface area contributed by atoms with Crippen molar-refractivity contribution in [1.29, 1.82) is 5.26 Å². The minimum Gasteiger partial charge on any atom is -0.387 e. The first-order chi connectivity index (χ1) is 8.98. The molecule has 19 heavy (non-hydrogen) atoms. The van der Waals surface area contributed by atoms with Crippen LogP contribution in [-0.2, 0) is 0 Å². The minimum absolute atomic E-state index is 0.412. The van der Waals surface area contributed by atoms with Crippen LogP contribution in [0.3, 0.4) is 0 Å². The zero-order valence-corrected chi connectivity index (χ0v) is 12.4. The predicted octanol–water partition coefficient (Wildman–Crippen LogP) is 4.75. The first-order valence-corrected chi connectivity index (χ1v) is 7.28. The molecule has 1 aliphatic carbocycles. The lowest BCUT2D eigenvalue weighted by molar-refractivity contribution is 0.0219. The van der Waals surface area contributed by atoms with Gasteiger partial charge in [-0.2, -0.15) is 5.26 Å². The molecule has 1 N–H and O–H groups in total. The molecule has 0 amide bonds. The predicted molar refractivity (Wildman–Crippen MR) is 77.1 cm³/mol. The smallest absolute Gasteiger partial charge is 0.0976 e. The Labute approximate surface area is 124 Å². The summed E-state index contributed by atoms with van der Waals surface area (Å²) < 4.78 is 0. The normalized spacial score (nSPS) is 28.7. The van der Waals surface area contributed by atoms with Crippen molar-refractivity contribution < 1.29 is 5.11 Å². The quantitative estimate of drug-likeness (QED) is 0.856. The van der Waals surface area contributed by atoms with E-state index < -0.39 is 11.5 Å². The van der Waals surface area contributed by atoms with E-state index in [1.165, 1.54) is 0 Å². The minimum atomic E-state index is -0.810. The summed E-state index contributed by atoms with van der Waals surface area (Å²) in [7, 11) is 0. The molecule has 1 saturated carbocycles. The fourth-order valence-corrected chi connectivity index (χ4v) is 3.31. The molecule has 1 aromatic carbocycles. The van der Waals surface area contributed by atoms with Crippen LogP contribution in [0.25, 0.3) is 0 Å². The molecule has 2 rings (SSSR count). The van der Waals surface area contributed by atoms with Gasteiger partial charge in [-0.1, -0.05) is 49.0 Å². The maximum Gasteiger partial charge on any atom is 0.0976 e. The zero-order chi connectivity index (χ0) is 14.0. The summed E-state index contributed by atoms with van der Waals surface area (Å²) in [6.45, 7) is 2.13.